The topological polar surface area (TPSA) is 85.8 Å². The summed E-state index contributed by atoms with van der Waals surface area (Å²) in [6, 6.07) is 9.34. The van der Waals surface area contributed by atoms with Gasteiger partial charge in [-0.1, -0.05) is 32.0 Å². The van der Waals surface area contributed by atoms with Gasteiger partial charge in [0.2, 0.25) is 5.91 Å². The lowest BCUT2D eigenvalue weighted by atomic mass is 9.79. The second-order valence-electron chi connectivity index (χ2n) is 6.14. The lowest BCUT2D eigenvalue weighted by molar-refractivity contribution is -0.114. The summed E-state index contributed by atoms with van der Waals surface area (Å²) in [6.45, 7) is 7.92. The molecule has 1 amide bonds. The molecule has 0 heterocycles. The number of nitrogens with one attached hydrogen (secondary N) is 3. The molecule has 4 N–H and O–H groups in total. The van der Waals surface area contributed by atoms with E-state index in [0.29, 0.717) is 12.5 Å². The number of aliphatic hydroxyl groups excluding tert-OH is 1. The number of hydrogen-bond donors (Lipinski definition) is 4. The minimum Gasteiger partial charge on any atom is -0.396 e. The van der Waals surface area contributed by atoms with Crippen LogP contribution in [0.3, 0.4) is 0 Å². The Labute approximate surface area is 174 Å². The van der Waals surface area contributed by atoms with Crippen molar-refractivity contribution in [2.75, 3.05) is 31.6 Å². The molecule has 0 aromatic heterocycles. The van der Waals surface area contributed by atoms with Crippen LogP contribution in [0.15, 0.2) is 35.3 Å². The van der Waals surface area contributed by atoms with E-state index in [4.69, 9.17) is 0 Å². The van der Waals surface area contributed by atoms with Crippen LogP contribution in [-0.4, -0.2) is 43.2 Å². The van der Waals surface area contributed by atoms with Crippen molar-refractivity contribution in [1.82, 2.24) is 10.6 Å². The molecule has 1 aromatic carbocycles. The van der Waals surface area contributed by atoms with Crippen molar-refractivity contribution in [3.05, 3.63) is 30.3 Å². The van der Waals surface area contributed by atoms with Gasteiger partial charge in [0.25, 0.3) is 0 Å². The Balaban J connectivity index is 0.00000625. The maximum Gasteiger partial charge on any atom is 0.246 e. The zero-order valence-electron chi connectivity index (χ0n) is 16.0. The zero-order valence-corrected chi connectivity index (χ0v) is 18.4. The van der Waals surface area contributed by atoms with Crippen LogP contribution in [0.5, 0.6) is 0 Å². The minimum atomic E-state index is -0.156. The van der Waals surface area contributed by atoms with Gasteiger partial charge in [-0.15, -0.1) is 24.0 Å². The molecule has 0 spiro atoms. The maximum atomic E-state index is 12.0. The van der Waals surface area contributed by atoms with E-state index in [1.54, 1.807) is 0 Å². The van der Waals surface area contributed by atoms with E-state index in [1.807, 2.05) is 37.3 Å². The third-order valence-corrected chi connectivity index (χ3v) is 4.56. The second kappa shape index (κ2) is 13.8. The third-order valence-electron chi connectivity index (χ3n) is 4.56. The average molecular weight is 476 g/mol. The summed E-state index contributed by atoms with van der Waals surface area (Å²) in [7, 11) is 0. The molecular formula is C19H33IN4O2. The van der Waals surface area contributed by atoms with Crippen molar-refractivity contribution >= 4 is 41.5 Å². The number of guanidine groups is 1. The van der Waals surface area contributed by atoms with Crippen LogP contribution in [0.25, 0.3) is 0 Å². The van der Waals surface area contributed by atoms with Gasteiger partial charge in [-0.25, -0.2) is 4.99 Å². The van der Waals surface area contributed by atoms with Crippen molar-refractivity contribution < 1.29 is 9.90 Å². The SMILES string of the molecule is CCNC(=NCC(=O)Nc1ccccc1)NCC(CC)(CC)CCO.I. The number of aliphatic imine (C=N–C) groups is 1. The van der Waals surface area contributed by atoms with Gasteiger partial charge in [0, 0.05) is 25.4 Å². The van der Waals surface area contributed by atoms with Crippen LogP contribution in [-0.2, 0) is 4.79 Å². The molecule has 1 rings (SSSR count). The molecule has 26 heavy (non-hydrogen) atoms. The van der Waals surface area contributed by atoms with Gasteiger partial charge in [-0.3, -0.25) is 4.79 Å². The minimum absolute atomic E-state index is 0. The van der Waals surface area contributed by atoms with Crippen molar-refractivity contribution in [2.45, 2.75) is 40.0 Å². The number of carbonyl (C=O) groups excluding carboxylic acids is 1. The molecule has 0 saturated carbocycles. The number of aliphatic hydroxyl groups is 1. The molecule has 0 unspecified atom stereocenters. The number of rotatable bonds is 10. The first-order valence-electron chi connectivity index (χ1n) is 9.07. The van der Waals surface area contributed by atoms with Crippen LogP contribution in [0.1, 0.15) is 40.0 Å². The van der Waals surface area contributed by atoms with E-state index in [2.05, 4.69) is 34.8 Å². The lowest BCUT2D eigenvalue weighted by Crippen LogP contribution is -2.44. The van der Waals surface area contributed by atoms with Gasteiger partial charge in [0.05, 0.1) is 0 Å². The Morgan fingerprint density at radius 3 is 2.31 bits per heavy atom. The highest BCUT2D eigenvalue weighted by atomic mass is 127. The predicted molar refractivity (Wildman–Crippen MR) is 119 cm³/mol. The van der Waals surface area contributed by atoms with E-state index in [9.17, 15) is 9.90 Å². The van der Waals surface area contributed by atoms with Gasteiger partial charge in [-0.05, 0) is 43.7 Å². The van der Waals surface area contributed by atoms with Gasteiger partial charge in [-0.2, -0.15) is 0 Å². The first-order valence-corrected chi connectivity index (χ1v) is 9.07. The lowest BCUT2D eigenvalue weighted by Gasteiger charge is -2.32. The first-order chi connectivity index (χ1) is 12.1. The van der Waals surface area contributed by atoms with E-state index in [-0.39, 0.29) is 48.5 Å². The van der Waals surface area contributed by atoms with Crippen LogP contribution >= 0.6 is 24.0 Å². The fourth-order valence-corrected chi connectivity index (χ4v) is 2.66. The summed E-state index contributed by atoms with van der Waals surface area (Å²) in [5, 5.41) is 18.6. The Morgan fingerprint density at radius 1 is 1.12 bits per heavy atom. The molecule has 148 valence electrons. The number of para-hydroxylation sites is 1. The van der Waals surface area contributed by atoms with E-state index in [0.717, 1.165) is 31.5 Å². The summed E-state index contributed by atoms with van der Waals surface area (Å²) in [5.41, 5.74) is 0.802. The molecule has 0 atom stereocenters. The first kappa shape index (κ1) is 24.7. The summed E-state index contributed by atoms with van der Waals surface area (Å²) in [5.74, 6) is 0.464. The Morgan fingerprint density at radius 2 is 1.77 bits per heavy atom. The van der Waals surface area contributed by atoms with Crippen LogP contribution in [0.4, 0.5) is 5.69 Å². The van der Waals surface area contributed by atoms with Crippen molar-refractivity contribution in [2.24, 2.45) is 10.4 Å². The fraction of sp³-hybridized carbons (Fsp3) is 0.579. The van der Waals surface area contributed by atoms with Gasteiger partial charge in [0.15, 0.2) is 5.96 Å². The molecule has 0 fully saturated rings. The summed E-state index contributed by atoms with van der Waals surface area (Å²) in [4.78, 5) is 16.4. The highest BCUT2D eigenvalue weighted by Crippen LogP contribution is 2.29. The van der Waals surface area contributed by atoms with E-state index >= 15 is 0 Å². The monoisotopic (exact) mass is 476 g/mol. The number of benzene rings is 1. The van der Waals surface area contributed by atoms with Crippen molar-refractivity contribution in [3.63, 3.8) is 0 Å². The third kappa shape index (κ3) is 8.84. The smallest absolute Gasteiger partial charge is 0.246 e. The molecule has 7 heteroatoms. The summed E-state index contributed by atoms with van der Waals surface area (Å²) < 4.78 is 0. The van der Waals surface area contributed by atoms with Crippen LogP contribution in [0, 0.1) is 5.41 Å². The molecular weight excluding hydrogens is 443 g/mol. The van der Waals surface area contributed by atoms with E-state index < -0.39 is 0 Å². The Kier molecular flexibility index (Phi) is 13.1. The Bertz CT molecular complexity index is 534. The van der Waals surface area contributed by atoms with E-state index in [1.165, 1.54) is 0 Å². The Hall–Kier alpha value is -1.35. The molecule has 0 aliphatic carbocycles. The number of halogens is 1. The molecule has 0 saturated heterocycles. The molecule has 0 bridgehead atoms. The van der Waals surface area contributed by atoms with Crippen LogP contribution < -0.4 is 16.0 Å². The largest absolute Gasteiger partial charge is 0.396 e. The molecule has 0 aliphatic heterocycles. The molecule has 0 radical (unpaired) electrons. The molecule has 0 aliphatic rings. The summed E-state index contributed by atoms with van der Waals surface area (Å²) >= 11 is 0. The quantitative estimate of drug-likeness (QED) is 0.238. The molecule has 6 nitrogen and oxygen atoms in total. The van der Waals surface area contributed by atoms with Gasteiger partial charge < -0.3 is 21.1 Å². The predicted octanol–water partition coefficient (Wildman–Crippen LogP) is 2.99. The second-order valence-corrected chi connectivity index (χ2v) is 6.14. The maximum absolute atomic E-state index is 12.0. The molecule has 1 aromatic rings. The van der Waals surface area contributed by atoms with Crippen LogP contribution in [0.2, 0.25) is 0 Å². The zero-order chi connectivity index (χ0) is 18.5. The average Bonchev–Trinajstić information content (AvgIpc) is 2.64. The number of carbonyl (C=O) groups is 1. The fourth-order valence-electron chi connectivity index (χ4n) is 2.66. The van der Waals surface area contributed by atoms with Crippen molar-refractivity contribution in [3.8, 4) is 0 Å². The number of nitrogens with zero attached hydrogens (tertiary/aromatic N) is 1. The number of hydrogen-bond acceptors (Lipinski definition) is 3. The standard InChI is InChI=1S/C19H32N4O2.HI/c1-4-19(5-2,12-13-24)15-22-18(20-6-3)21-14-17(25)23-16-10-8-7-9-11-16;/h7-11,24H,4-6,12-15H2,1-3H3,(H,23,25)(H2,20,21,22);1H. The van der Waals surface area contributed by atoms with Gasteiger partial charge >= 0.3 is 0 Å². The summed E-state index contributed by atoms with van der Waals surface area (Å²) in [6.07, 6.45) is 2.71. The normalized spacial score (nSPS) is 11.5. The highest BCUT2D eigenvalue weighted by molar-refractivity contribution is 14.0. The number of anilines is 1. The number of amides is 1. The van der Waals surface area contributed by atoms with Crippen molar-refractivity contribution in [1.29, 1.82) is 0 Å². The highest BCUT2D eigenvalue weighted by Gasteiger charge is 2.25. The van der Waals surface area contributed by atoms with Gasteiger partial charge in [0.1, 0.15) is 6.54 Å².